The molecule has 1 aliphatic heterocycles. The molecule has 0 unspecified atom stereocenters. The lowest BCUT2D eigenvalue weighted by atomic mass is 10.1. The summed E-state index contributed by atoms with van der Waals surface area (Å²) in [7, 11) is -0.548. The molecule has 1 fully saturated rings. The third-order valence-electron chi connectivity index (χ3n) is 3.07. The average Bonchev–Trinajstić information content (AvgIpc) is 2.75. The summed E-state index contributed by atoms with van der Waals surface area (Å²) in [5.41, 5.74) is 6.36. The predicted octanol–water partition coefficient (Wildman–Crippen LogP) is 1.65. The van der Waals surface area contributed by atoms with Crippen molar-refractivity contribution in [2.24, 2.45) is 0 Å². The number of hydrogen-bond donors (Lipinski definition) is 2. The first-order valence-electron chi connectivity index (χ1n) is 6.77. The molecule has 5 heteroatoms. The van der Waals surface area contributed by atoms with E-state index in [1.807, 2.05) is 0 Å². The van der Waals surface area contributed by atoms with Gasteiger partial charge in [0.15, 0.2) is 0 Å². The van der Waals surface area contributed by atoms with E-state index in [2.05, 4.69) is 29.6 Å². The molecule has 0 aliphatic carbocycles. The first-order valence-corrected chi connectivity index (χ1v) is 9.80. The SMILES string of the molecule is CS(C)(C)CCOC(=O)CCCC[C@@H]1CCNN1. The van der Waals surface area contributed by atoms with Crippen molar-refractivity contribution in [3.63, 3.8) is 0 Å². The quantitative estimate of drug-likeness (QED) is 0.523. The van der Waals surface area contributed by atoms with E-state index in [9.17, 15) is 4.79 Å². The van der Waals surface area contributed by atoms with E-state index < -0.39 is 10.0 Å². The number of nitrogens with one attached hydrogen (secondary N) is 2. The molecule has 0 radical (unpaired) electrons. The summed E-state index contributed by atoms with van der Waals surface area (Å²) in [5, 5.41) is 0. The zero-order valence-electron chi connectivity index (χ0n) is 12.0. The lowest BCUT2D eigenvalue weighted by molar-refractivity contribution is -0.143. The molecule has 0 aromatic carbocycles. The van der Waals surface area contributed by atoms with Gasteiger partial charge in [-0.2, -0.15) is 0 Å². The molecule has 0 bridgehead atoms. The molecule has 1 saturated heterocycles. The Bertz CT molecular complexity index is 248. The number of hydrazine groups is 1. The molecule has 1 aliphatic rings. The Morgan fingerprint density at radius 3 is 2.72 bits per heavy atom. The van der Waals surface area contributed by atoms with Gasteiger partial charge in [-0.05, 0) is 38.0 Å². The second-order valence-electron chi connectivity index (χ2n) is 5.82. The van der Waals surface area contributed by atoms with E-state index >= 15 is 0 Å². The third-order valence-corrected chi connectivity index (χ3v) is 4.46. The fourth-order valence-electron chi connectivity index (χ4n) is 1.89. The molecule has 0 spiro atoms. The highest BCUT2D eigenvalue weighted by Crippen LogP contribution is 2.33. The van der Waals surface area contributed by atoms with Crippen LogP contribution in [0.25, 0.3) is 0 Å². The summed E-state index contributed by atoms with van der Waals surface area (Å²) in [4.78, 5) is 11.5. The van der Waals surface area contributed by atoms with Crippen LogP contribution in [0.2, 0.25) is 0 Å². The zero-order chi connectivity index (χ0) is 13.4. The summed E-state index contributed by atoms with van der Waals surface area (Å²) in [5.74, 6) is 0.979. The standard InChI is InChI=1S/C13H28N2O2S/c1-18(2,3)11-10-17-13(16)7-5-4-6-12-8-9-14-15-12/h12,14-15H,4-11H2,1-3H3/t12-/m1/s1. The van der Waals surface area contributed by atoms with Gasteiger partial charge < -0.3 is 4.74 Å². The normalized spacial score (nSPS) is 20.9. The third kappa shape index (κ3) is 7.95. The van der Waals surface area contributed by atoms with E-state index in [0.717, 1.165) is 31.6 Å². The Hall–Kier alpha value is -0.260. The Morgan fingerprint density at radius 1 is 1.33 bits per heavy atom. The fraction of sp³-hybridized carbons (Fsp3) is 0.923. The van der Waals surface area contributed by atoms with Crippen LogP contribution >= 0.6 is 10.0 Å². The van der Waals surface area contributed by atoms with Crippen molar-refractivity contribution in [1.29, 1.82) is 0 Å². The summed E-state index contributed by atoms with van der Waals surface area (Å²) in [6, 6.07) is 0.588. The van der Waals surface area contributed by atoms with Crippen LogP contribution in [0.1, 0.15) is 32.1 Å². The van der Waals surface area contributed by atoms with Crippen LogP contribution in [0.4, 0.5) is 0 Å². The van der Waals surface area contributed by atoms with Crippen LogP contribution in [0.3, 0.4) is 0 Å². The maximum Gasteiger partial charge on any atom is 0.305 e. The van der Waals surface area contributed by atoms with Gasteiger partial charge in [-0.25, -0.2) is 10.0 Å². The monoisotopic (exact) mass is 276 g/mol. The Morgan fingerprint density at radius 2 is 2.11 bits per heavy atom. The Labute approximate surface area is 113 Å². The van der Waals surface area contributed by atoms with Gasteiger partial charge in [0.05, 0.1) is 6.61 Å². The molecule has 4 nitrogen and oxygen atoms in total. The minimum Gasteiger partial charge on any atom is -0.465 e. The number of hydrogen-bond acceptors (Lipinski definition) is 4. The predicted molar refractivity (Wildman–Crippen MR) is 79.2 cm³/mol. The molecule has 1 rings (SSSR count). The van der Waals surface area contributed by atoms with Gasteiger partial charge in [-0.3, -0.25) is 15.6 Å². The first kappa shape index (κ1) is 15.8. The van der Waals surface area contributed by atoms with Crippen molar-refractivity contribution in [2.75, 3.05) is 37.7 Å². The van der Waals surface area contributed by atoms with Gasteiger partial charge in [0.25, 0.3) is 0 Å². The highest BCUT2D eigenvalue weighted by atomic mass is 32.3. The summed E-state index contributed by atoms with van der Waals surface area (Å²) >= 11 is 0. The van der Waals surface area contributed by atoms with Gasteiger partial charge in [0, 0.05) is 24.8 Å². The summed E-state index contributed by atoms with van der Waals surface area (Å²) < 4.78 is 5.24. The van der Waals surface area contributed by atoms with Crippen LogP contribution in [0.15, 0.2) is 0 Å². The number of esters is 1. The largest absolute Gasteiger partial charge is 0.465 e. The van der Waals surface area contributed by atoms with Gasteiger partial charge in [-0.1, -0.05) is 6.42 Å². The van der Waals surface area contributed by atoms with Crippen LogP contribution in [0.5, 0.6) is 0 Å². The molecular formula is C13H28N2O2S. The van der Waals surface area contributed by atoms with Crippen molar-refractivity contribution in [3.8, 4) is 0 Å². The molecular weight excluding hydrogens is 248 g/mol. The number of carbonyl (C=O) groups excluding carboxylic acids is 1. The molecule has 1 heterocycles. The molecule has 0 saturated carbocycles. The van der Waals surface area contributed by atoms with Crippen LogP contribution < -0.4 is 10.9 Å². The van der Waals surface area contributed by atoms with Crippen molar-refractivity contribution < 1.29 is 9.53 Å². The lowest BCUT2D eigenvalue weighted by Crippen LogP contribution is -2.29. The van der Waals surface area contributed by atoms with Crippen LogP contribution in [-0.2, 0) is 9.53 Å². The highest BCUT2D eigenvalue weighted by Gasteiger charge is 2.13. The van der Waals surface area contributed by atoms with Gasteiger partial charge in [0.2, 0.25) is 0 Å². The van der Waals surface area contributed by atoms with Crippen molar-refractivity contribution in [3.05, 3.63) is 0 Å². The molecule has 0 aromatic rings. The van der Waals surface area contributed by atoms with Gasteiger partial charge in [-0.15, -0.1) is 0 Å². The molecule has 0 amide bonds. The molecule has 108 valence electrons. The minimum absolute atomic E-state index is 0.0313. The minimum atomic E-state index is -0.548. The van der Waals surface area contributed by atoms with Crippen LogP contribution in [0, 0.1) is 0 Å². The smallest absolute Gasteiger partial charge is 0.305 e. The fourth-order valence-corrected chi connectivity index (χ4v) is 2.47. The Balaban J connectivity index is 1.93. The highest BCUT2D eigenvalue weighted by molar-refractivity contribution is 8.32. The second kappa shape index (κ2) is 8.02. The second-order valence-corrected chi connectivity index (χ2v) is 10.4. The Kier molecular flexibility index (Phi) is 7.04. The average molecular weight is 276 g/mol. The molecule has 1 atom stereocenters. The van der Waals surface area contributed by atoms with E-state index in [0.29, 0.717) is 19.1 Å². The van der Waals surface area contributed by atoms with Crippen molar-refractivity contribution in [2.45, 2.75) is 38.1 Å². The topological polar surface area (TPSA) is 50.4 Å². The van der Waals surface area contributed by atoms with E-state index in [1.165, 1.54) is 6.42 Å². The van der Waals surface area contributed by atoms with Crippen LogP contribution in [-0.4, -0.2) is 49.7 Å². The number of carbonyl (C=O) groups is 1. The maximum atomic E-state index is 11.5. The van der Waals surface area contributed by atoms with Crippen molar-refractivity contribution in [1.82, 2.24) is 10.9 Å². The number of ether oxygens (including phenoxy) is 1. The van der Waals surface area contributed by atoms with Gasteiger partial charge in [0.1, 0.15) is 0 Å². The lowest BCUT2D eigenvalue weighted by Gasteiger charge is -2.24. The summed E-state index contributed by atoms with van der Waals surface area (Å²) in [6.45, 7) is 1.65. The molecule has 18 heavy (non-hydrogen) atoms. The van der Waals surface area contributed by atoms with E-state index in [-0.39, 0.29) is 5.97 Å². The molecule has 0 aromatic heterocycles. The zero-order valence-corrected chi connectivity index (χ0v) is 12.8. The van der Waals surface area contributed by atoms with Gasteiger partial charge >= 0.3 is 5.97 Å². The first-order chi connectivity index (χ1) is 8.47. The summed E-state index contributed by atoms with van der Waals surface area (Å²) in [6.07, 6.45) is 11.7. The number of unbranched alkanes of at least 4 members (excludes halogenated alkanes) is 1. The number of rotatable bonds is 8. The van der Waals surface area contributed by atoms with Crippen molar-refractivity contribution >= 4 is 16.0 Å². The van der Waals surface area contributed by atoms with E-state index in [4.69, 9.17) is 4.74 Å². The van der Waals surface area contributed by atoms with E-state index in [1.54, 1.807) is 0 Å². The maximum absolute atomic E-state index is 11.5. The molecule has 2 N–H and O–H groups in total.